The first kappa shape index (κ1) is 22.7. The number of thioether (sulfide) groups is 1. The minimum absolute atomic E-state index is 0.0133. The van der Waals surface area contributed by atoms with Gasteiger partial charge in [0.15, 0.2) is 16.7 Å². The molecule has 3 heterocycles. The van der Waals surface area contributed by atoms with Crippen LogP contribution in [0.15, 0.2) is 29.4 Å². The Kier molecular flexibility index (Phi) is 6.50. The third-order valence-corrected chi connectivity index (χ3v) is 6.52. The van der Waals surface area contributed by atoms with E-state index in [0.29, 0.717) is 28.7 Å². The van der Waals surface area contributed by atoms with Crippen molar-refractivity contribution in [2.75, 3.05) is 19.1 Å². The number of alkyl halides is 3. The molecule has 6 nitrogen and oxygen atoms in total. The average molecular weight is 468 g/mol. The number of nitrogens with zero attached hydrogens (tertiary/aromatic N) is 3. The molecule has 1 aromatic heterocycles. The highest BCUT2D eigenvalue weighted by atomic mass is 32.2. The molecule has 0 radical (unpaired) electrons. The van der Waals surface area contributed by atoms with Crippen LogP contribution in [0.5, 0.6) is 11.5 Å². The summed E-state index contributed by atoms with van der Waals surface area (Å²) in [7, 11) is 0. The summed E-state index contributed by atoms with van der Waals surface area (Å²) in [5.41, 5.74) is -0.415. The van der Waals surface area contributed by atoms with Crippen LogP contribution in [0.25, 0.3) is 11.3 Å². The Hall–Kier alpha value is -2.49. The second-order valence-corrected chi connectivity index (χ2v) is 9.21. The van der Waals surface area contributed by atoms with Crippen molar-refractivity contribution in [1.82, 2.24) is 14.9 Å². The van der Waals surface area contributed by atoms with E-state index in [2.05, 4.69) is 16.9 Å². The molecule has 4 rings (SSSR count). The molecule has 2 aromatic rings. The van der Waals surface area contributed by atoms with Crippen LogP contribution >= 0.6 is 11.8 Å². The van der Waals surface area contributed by atoms with Crippen LogP contribution in [0.3, 0.4) is 0 Å². The summed E-state index contributed by atoms with van der Waals surface area (Å²) in [6.45, 7) is 5.01. The van der Waals surface area contributed by atoms with Gasteiger partial charge in [-0.3, -0.25) is 4.79 Å². The highest BCUT2D eigenvalue weighted by Gasteiger charge is 2.34. The predicted molar refractivity (Wildman–Crippen MR) is 114 cm³/mol. The molecule has 2 aliphatic heterocycles. The smallest absolute Gasteiger partial charge is 0.433 e. The average Bonchev–Trinajstić information content (AvgIpc) is 3.20. The van der Waals surface area contributed by atoms with Crippen molar-refractivity contribution >= 4 is 17.7 Å². The maximum absolute atomic E-state index is 13.4. The molecule has 0 saturated carbocycles. The quantitative estimate of drug-likeness (QED) is 0.455. The third-order valence-electron chi connectivity index (χ3n) is 5.67. The second-order valence-electron chi connectivity index (χ2n) is 8.15. The van der Waals surface area contributed by atoms with Crippen LogP contribution in [0.2, 0.25) is 0 Å². The van der Waals surface area contributed by atoms with Gasteiger partial charge in [0.1, 0.15) is 5.69 Å². The van der Waals surface area contributed by atoms with Gasteiger partial charge in [-0.25, -0.2) is 9.97 Å². The fraction of sp³-hybridized carbons (Fsp3) is 0.500. The molecule has 0 bridgehead atoms. The van der Waals surface area contributed by atoms with Gasteiger partial charge >= 0.3 is 6.18 Å². The number of hydrogen-bond donors (Lipinski definition) is 0. The summed E-state index contributed by atoms with van der Waals surface area (Å²) >= 11 is 1.05. The van der Waals surface area contributed by atoms with Crippen LogP contribution < -0.4 is 9.47 Å². The lowest BCUT2D eigenvalue weighted by Gasteiger charge is -2.36. The van der Waals surface area contributed by atoms with Gasteiger partial charge in [0.2, 0.25) is 12.7 Å². The first-order valence-corrected chi connectivity index (χ1v) is 11.5. The largest absolute Gasteiger partial charge is 0.454 e. The number of hydrogen-bond acceptors (Lipinski definition) is 6. The van der Waals surface area contributed by atoms with Crippen molar-refractivity contribution in [1.29, 1.82) is 0 Å². The van der Waals surface area contributed by atoms with Gasteiger partial charge in [-0.05, 0) is 49.9 Å². The number of aromatic nitrogens is 2. The van der Waals surface area contributed by atoms with Crippen LogP contribution in [-0.2, 0) is 11.0 Å². The maximum atomic E-state index is 13.4. The first-order valence-electron chi connectivity index (χ1n) is 10.5. The number of carbonyl (C=O) groups is 1. The van der Waals surface area contributed by atoms with E-state index in [0.717, 1.165) is 37.2 Å². The van der Waals surface area contributed by atoms with Gasteiger partial charge in [0.05, 0.1) is 5.69 Å². The molecular formula is C22H24F3N3O3S. The Balaban J connectivity index is 1.48. The van der Waals surface area contributed by atoms with Crippen molar-refractivity contribution in [3.8, 4) is 22.8 Å². The molecule has 2 atom stereocenters. The van der Waals surface area contributed by atoms with Gasteiger partial charge in [-0.1, -0.05) is 18.7 Å². The summed E-state index contributed by atoms with van der Waals surface area (Å²) in [5.74, 6) is 1.91. The predicted octanol–water partition coefficient (Wildman–Crippen LogP) is 5.02. The Bertz CT molecular complexity index is 1000. The van der Waals surface area contributed by atoms with Gasteiger partial charge in [0, 0.05) is 30.3 Å². The molecule has 1 amide bonds. The highest BCUT2D eigenvalue weighted by Crippen LogP contribution is 2.37. The second kappa shape index (κ2) is 9.17. The minimum Gasteiger partial charge on any atom is -0.454 e. The lowest BCUT2D eigenvalue weighted by Crippen LogP contribution is -2.44. The molecule has 0 unspecified atom stereocenters. The number of rotatable bonds is 5. The van der Waals surface area contributed by atoms with Crippen molar-refractivity contribution in [2.45, 2.75) is 50.5 Å². The van der Waals surface area contributed by atoms with Crippen LogP contribution in [-0.4, -0.2) is 45.9 Å². The van der Waals surface area contributed by atoms with Gasteiger partial charge in [-0.15, -0.1) is 0 Å². The number of likely N-dealkylation sites (tertiary alicyclic amines) is 1. The molecule has 1 aromatic carbocycles. The Labute approximate surface area is 188 Å². The lowest BCUT2D eigenvalue weighted by atomic mass is 9.93. The van der Waals surface area contributed by atoms with Crippen LogP contribution in [0, 0.1) is 5.92 Å². The number of amides is 1. The van der Waals surface area contributed by atoms with Crippen LogP contribution in [0.1, 0.15) is 38.8 Å². The summed E-state index contributed by atoms with van der Waals surface area (Å²) in [4.78, 5) is 22.5. The van der Waals surface area contributed by atoms with Gasteiger partial charge in [0.25, 0.3) is 0 Å². The molecule has 1 saturated heterocycles. The molecule has 172 valence electrons. The molecule has 0 N–H and O–H groups in total. The number of halogens is 3. The Morgan fingerprint density at radius 2 is 1.97 bits per heavy atom. The van der Waals surface area contributed by atoms with Crippen molar-refractivity contribution in [2.24, 2.45) is 5.92 Å². The number of ether oxygens (including phenoxy) is 2. The summed E-state index contributed by atoms with van der Waals surface area (Å²) in [6.07, 6.45) is -2.45. The van der Waals surface area contributed by atoms with Gasteiger partial charge in [-0.2, -0.15) is 13.2 Å². The number of fused-ring (bicyclic) bond motifs is 1. The molecule has 0 spiro atoms. The number of benzene rings is 1. The topological polar surface area (TPSA) is 64.6 Å². The van der Waals surface area contributed by atoms with E-state index >= 15 is 0 Å². The SMILES string of the molecule is C[C@@H]1CCN(C(=O)CCSc2nc(-c3ccc4c(c3)OCO4)cc(C(F)(F)F)n2)[C@@H](C)C1. The molecule has 32 heavy (non-hydrogen) atoms. The van der Waals surface area contributed by atoms with Crippen molar-refractivity contribution in [3.63, 3.8) is 0 Å². The third kappa shape index (κ3) is 5.11. The van der Waals surface area contributed by atoms with E-state index in [1.807, 2.05) is 11.8 Å². The zero-order valence-corrected chi connectivity index (χ0v) is 18.6. The fourth-order valence-electron chi connectivity index (χ4n) is 3.99. The normalized spacial score (nSPS) is 20.5. The summed E-state index contributed by atoms with van der Waals surface area (Å²) < 4.78 is 50.9. The number of piperidine rings is 1. The Morgan fingerprint density at radius 1 is 1.19 bits per heavy atom. The Morgan fingerprint density at radius 3 is 2.72 bits per heavy atom. The van der Waals surface area contributed by atoms with Crippen molar-refractivity contribution < 1.29 is 27.4 Å². The molecular weight excluding hydrogens is 443 g/mol. The van der Waals surface area contributed by atoms with Crippen molar-refractivity contribution in [3.05, 3.63) is 30.0 Å². The molecule has 10 heteroatoms. The fourth-order valence-corrected chi connectivity index (χ4v) is 4.77. The summed E-state index contributed by atoms with van der Waals surface area (Å²) in [6, 6.07) is 5.97. The molecule has 1 fully saturated rings. The van der Waals surface area contributed by atoms with E-state index in [1.54, 1.807) is 18.2 Å². The molecule has 2 aliphatic rings. The standard InChI is InChI=1S/C22H24F3N3O3S/c1-13-5-7-28(14(2)9-13)20(29)6-8-32-21-26-16(11-19(27-21)22(23,24)25)15-3-4-17-18(10-15)31-12-30-17/h3-4,10-11,13-14H,5-9,12H2,1-2H3/t13-,14+/m1/s1. The summed E-state index contributed by atoms with van der Waals surface area (Å²) in [5, 5.41) is -0.0133. The van der Waals surface area contributed by atoms with E-state index < -0.39 is 11.9 Å². The maximum Gasteiger partial charge on any atom is 0.433 e. The minimum atomic E-state index is -4.61. The lowest BCUT2D eigenvalue weighted by molar-refractivity contribution is -0.141. The van der Waals surface area contributed by atoms with E-state index in [1.165, 1.54) is 0 Å². The first-order chi connectivity index (χ1) is 15.2. The highest BCUT2D eigenvalue weighted by molar-refractivity contribution is 7.99. The zero-order valence-electron chi connectivity index (χ0n) is 17.8. The monoisotopic (exact) mass is 467 g/mol. The van der Waals surface area contributed by atoms with Gasteiger partial charge < -0.3 is 14.4 Å². The van der Waals surface area contributed by atoms with E-state index in [-0.39, 0.29) is 36.0 Å². The number of carbonyl (C=O) groups excluding carboxylic acids is 1. The van der Waals surface area contributed by atoms with E-state index in [4.69, 9.17) is 9.47 Å². The van der Waals surface area contributed by atoms with Crippen LogP contribution in [0.4, 0.5) is 13.2 Å². The zero-order chi connectivity index (χ0) is 22.9. The van der Waals surface area contributed by atoms with E-state index in [9.17, 15) is 18.0 Å². The molecule has 0 aliphatic carbocycles.